The first-order chi connectivity index (χ1) is 20.1. The van der Waals surface area contributed by atoms with E-state index < -0.39 is 35.8 Å². The lowest BCUT2D eigenvalue weighted by atomic mass is 9.95. The molecule has 0 saturated heterocycles. The third-order valence-corrected chi connectivity index (χ3v) is 6.93. The highest BCUT2D eigenvalue weighted by Crippen LogP contribution is 2.27. The van der Waals surface area contributed by atoms with Crippen molar-refractivity contribution in [2.75, 3.05) is 18.1 Å². The number of aryl methyl sites for hydroxylation is 3. The molecule has 0 radical (unpaired) electrons. The van der Waals surface area contributed by atoms with Crippen LogP contribution in [0.25, 0.3) is 0 Å². The van der Waals surface area contributed by atoms with Gasteiger partial charge >= 0.3 is 12.2 Å². The highest BCUT2D eigenvalue weighted by Gasteiger charge is 2.31. The monoisotopic (exact) mass is 595 g/mol. The summed E-state index contributed by atoms with van der Waals surface area (Å²) in [7, 11) is 0. The zero-order valence-electron chi connectivity index (χ0n) is 26.5. The van der Waals surface area contributed by atoms with Gasteiger partial charge in [0.2, 0.25) is 11.8 Å². The summed E-state index contributed by atoms with van der Waals surface area (Å²) >= 11 is 0. The molecule has 10 heteroatoms. The number of benzene rings is 2. The Labute approximate surface area is 254 Å². The average Bonchev–Trinajstić information content (AvgIpc) is 2.91. The zero-order chi connectivity index (χ0) is 31.9. The van der Waals surface area contributed by atoms with E-state index in [0.717, 1.165) is 40.8 Å². The molecule has 3 rings (SSSR count). The van der Waals surface area contributed by atoms with Gasteiger partial charge < -0.3 is 29.7 Å². The van der Waals surface area contributed by atoms with Crippen molar-refractivity contribution in [2.45, 2.75) is 92.3 Å². The van der Waals surface area contributed by atoms with Crippen LogP contribution in [0, 0.1) is 19.8 Å². The molecule has 0 saturated carbocycles. The molecular formula is C33H45N3O7. The second-order valence-electron chi connectivity index (χ2n) is 12.4. The fraction of sp³-hybridized carbons (Fsp3) is 0.515. The number of anilines is 1. The lowest BCUT2D eigenvalue weighted by Gasteiger charge is -2.32. The molecule has 3 amide bonds. The van der Waals surface area contributed by atoms with E-state index in [4.69, 9.17) is 14.2 Å². The number of rotatable bonds is 9. The van der Waals surface area contributed by atoms with Crippen molar-refractivity contribution in [1.29, 1.82) is 0 Å². The summed E-state index contributed by atoms with van der Waals surface area (Å²) in [5.74, 6) is -0.259. The topological polar surface area (TPSA) is 123 Å². The number of carbonyl (C=O) groups is 4. The molecule has 2 aromatic rings. The van der Waals surface area contributed by atoms with E-state index in [-0.39, 0.29) is 24.9 Å². The average molecular weight is 596 g/mol. The number of hydrogen-bond donors (Lipinski definition) is 2. The van der Waals surface area contributed by atoms with Crippen LogP contribution in [-0.2, 0) is 31.9 Å². The summed E-state index contributed by atoms with van der Waals surface area (Å²) in [6, 6.07) is 9.25. The van der Waals surface area contributed by atoms with Gasteiger partial charge in [0.05, 0.1) is 6.61 Å². The van der Waals surface area contributed by atoms with Crippen LogP contribution in [0.4, 0.5) is 15.3 Å². The summed E-state index contributed by atoms with van der Waals surface area (Å²) < 4.78 is 15.9. The SMILES string of the molecule is Cc1cc(OC(=O)OCC(C)C)cc(C)c1CC(NC(=O)OC(C)(C)C)C(=O)N[C@H](C)C(=O)N1CCCc2ccccc21. The van der Waals surface area contributed by atoms with E-state index in [0.29, 0.717) is 12.3 Å². The number of nitrogens with one attached hydrogen (secondary N) is 2. The first kappa shape index (κ1) is 33.4. The van der Waals surface area contributed by atoms with Gasteiger partial charge in [-0.3, -0.25) is 9.59 Å². The fourth-order valence-electron chi connectivity index (χ4n) is 4.93. The minimum absolute atomic E-state index is 0.119. The summed E-state index contributed by atoms with van der Waals surface area (Å²) in [5, 5.41) is 5.50. The third kappa shape index (κ3) is 9.73. The number of alkyl carbamates (subject to hydrolysis) is 1. The fourth-order valence-corrected chi connectivity index (χ4v) is 4.93. The van der Waals surface area contributed by atoms with Gasteiger partial charge in [0, 0.05) is 18.7 Å². The Morgan fingerprint density at radius 1 is 0.977 bits per heavy atom. The normalized spacial score (nSPS) is 14.3. The maximum atomic E-state index is 13.6. The Hall–Kier alpha value is -4.08. The van der Waals surface area contributed by atoms with Gasteiger partial charge in [0.1, 0.15) is 23.4 Å². The van der Waals surface area contributed by atoms with Gasteiger partial charge in [-0.1, -0.05) is 32.0 Å². The number of carbonyl (C=O) groups excluding carboxylic acids is 4. The molecule has 0 aromatic heterocycles. The van der Waals surface area contributed by atoms with Gasteiger partial charge in [0.15, 0.2) is 0 Å². The van der Waals surface area contributed by atoms with Crippen LogP contribution in [0.3, 0.4) is 0 Å². The summed E-state index contributed by atoms with van der Waals surface area (Å²) in [5.41, 5.74) is 3.46. The van der Waals surface area contributed by atoms with E-state index in [2.05, 4.69) is 10.6 Å². The predicted octanol–water partition coefficient (Wildman–Crippen LogP) is 5.39. The van der Waals surface area contributed by atoms with Gasteiger partial charge in [-0.25, -0.2) is 9.59 Å². The lowest BCUT2D eigenvalue weighted by molar-refractivity contribution is -0.128. The van der Waals surface area contributed by atoms with Gasteiger partial charge in [-0.05, 0) is 101 Å². The predicted molar refractivity (Wildman–Crippen MR) is 164 cm³/mol. The molecule has 43 heavy (non-hydrogen) atoms. The smallest absolute Gasteiger partial charge is 0.444 e. The van der Waals surface area contributed by atoms with E-state index >= 15 is 0 Å². The number of para-hydroxylation sites is 1. The molecule has 2 N–H and O–H groups in total. The Morgan fingerprint density at radius 2 is 1.63 bits per heavy atom. The van der Waals surface area contributed by atoms with Crippen LogP contribution in [0.1, 0.15) is 70.2 Å². The molecule has 2 atom stereocenters. The van der Waals surface area contributed by atoms with Crippen molar-refractivity contribution < 1.29 is 33.4 Å². The lowest BCUT2D eigenvalue weighted by Crippen LogP contribution is -2.55. The van der Waals surface area contributed by atoms with Crippen LogP contribution in [0.15, 0.2) is 36.4 Å². The molecule has 1 unspecified atom stereocenters. The van der Waals surface area contributed by atoms with Gasteiger partial charge in [0.25, 0.3) is 0 Å². The minimum Gasteiger partial charge on any atom is -0.444 e. The first-order valence-electron chi connectivity index (χ1n) is 14.8. The maximum absolute atomic E-state index is 13.6. The van der Waals surface area contributed by atoms with Gasteiger partial charge in [-0.15, -0.1) is 0 Å². The number of fused-ring (bicyclic) bond motifs is 1. The minimum atomic E-state index is -1.04. The van der Waals surface area contributed by atoms with Crippen molar-refractivity contribution in [2.24, 2.45) is 5.92 Å². The molecule has 10 nitrogen and oxygen atoms in total. The van der Waals surface area contributed by atoms with E-state index in [1.54, 1.807) is 44.7 Å². The van der Waals surface area contributed by atoms with Crippen molar-refractivity contribution in [3.63, 3.8) is 0 Å². The van der Waals surface area contributed by atoms with E-state index in [1.165, 1.54) is 0 Å². The third-order valence-electron chi connectivity index (χ3n) is 6.93. The Kier molecular flexibility index (Phi) is 11.2. The quantitative estimate of drug-likeness (QED) is 0.294. The standard InChI is InChI=1S/C33H45N3O7/c1-20(2)19-41-32(40)42-25-16-21(3)26(22(4)17-25)18-27(35-31(39)43-33(6,7)8)29(37)34-23(5)30(38)36-15-11-13-24-12-9-10-14-28(24)36/h9-10,12,14,16-17,20,23,27H,11,13,15,18-19H2,1-8H3,(H,34,37)(H,35,39)/t23-,27?/m1/s1. The Balaban J connectivity index is 1.79. The molecule has 2 aromatic carbocycles. The molecule has 1 heterocycles. The zero-order valence-corrected chi connectivity index (χ0v) is 26.5. The van der Waals surface area contributed by atoms with Crippen LogP contribution < -0.4 is 20.3 Å². The molecule has 0 spiro atoms. The summed E-state index contributed by atoms with van der Waals surface area (Å²) in [6.45, 7) is 15.2. The molecule has 0 bridgehead atoms. The second kappa shape index (κ2) is 14.4. The highest BCUT2D eigenvalue weighted by atomic mass is 16.7. The van der Waals surface area contributed by atoms with Crippen molar-refractivity contribution >= 4 is 29.8 Å². The molecule has 0 aliphatic carbocycles. The summed E-state index contributed by atoms with van der Waals surface area (Å²) in [6.07, 6.45) is 0.303. The van der Waals surface area contributed by atoms with Crippen LogP contribution >= 0.6 is 0 Å². The second-order valence-corrected chi connectivity index (χ2v) is 12.4. The number of amides is 3. The van der Waals surface area contributed by atoms with Crippen LogP contribution in [0.5, 0.6) is 5.75 Å². The van der Waals surface area contributed by atoms with Gasteiger partial charge in [-0.2, -0.15) is 0 Å². The molecular weight excluding hydrogens is 550 g/mol. The number of hydrogen-bond acceptors (Lipinski definition) is 7. The van der Waals surface area contributed by atoms with Crippen LogP contribution in [0.2, 0.25) is 0 Å². The largest absolute Gasteiger partial charge is 0.513 e. The van der Waals surface area contributed by atoms with Crippen molar-refractivity contribution in [1.82, 2.24) is 10.6 Å². The maximum Gasteiger partial charge on any atom is 0.513 e. The molecule has 0 fully saturated rings. The Bertz CT molecular complexity index is 1310. The molecule has 1 aliphatic rings. The first-order valence-corrected chi connectivity index (χ1v) is 14.8. The summed E-state index contributed by atoms with van der Waals surface area (Å²) in [4.78, 5) is 53.6. The molecule has 1 aliphatic heterocycles. The number of nitrogens with zero attached hydrogens (tertiary/aromatic N) is 1. The van der Waals surface area contributed by atoms with Crippen molar-refractivity contribution in [3.8, 4) is 5.75 Å². The molecule has 234 valence electrons. The highest BCUT2D eigenvalue weighted by molar-refractivity contribution is 6.00. The Morgan fingerprint density at radius 3 is 2.26 bits per heavy atom. The number of ether oxygens (including phenoxy) is 3. The van der Waals surface area contributed by atoms with E-state index in [9.17, 15) is 19.2 Å². The van der Waals surface area contributed by atoms with E-state index in [1.807, 2.05) is 52.0 Å². The van der Waals surface area contributed by atoms with Crippen LogP contribution in [-0.4, -0.2) is 54.9 Å². The van der Waals surface area contributed by atoms with Crippen molar-refractivity contribution in [3.05, 3.63) is 58.7 Å².